The zero-order valence-corrected chi connectivity index (χ0v) is 11.4. The lowest BCUT2D eigenvalue weighted by atomic mass is 9.72. The Kier molecular flexibility index (Phi) is 5.01. The maximum atomic E-state index is 12.1. The SMILES string of the molecule is NCC1(CC(=O)NN2CCCCC2)CCCCC1. The van der Waals surface area contributed by atoms with Crippen LogP contribution < -0.4 is 11.2 Å². The summed E-state index contributed by atoms with van der Waals surface area (Å²) >= 11 is 0. The molecule has 0 spiro atoms. The molecular weight excluding hydrogens is 226 g/mol. The van der Waals surface area contributed by atoms with Gasteiger partial charge in [0.15, 0.2) is 0 Å². The number of hydrogen-bond acceptors (Lipinski definition) is 3. The van der Waals surface area contributed by atoms with Gasteiger partial charge in [0.25, 0.3) is 0 Å². The van der Waals surface area contributed by atoms with Gasteiger partial charge in [-0.15, -0.1) is 0 Å². The fraction of sp³-hybridized carbons (Fsp3) is 0.929. The second kappa shape index (κ2) is 6.53. The van der Waals surface area contributed by atoms with E-state index in [4.69, 9.17) is 5.73 Å². The Morgan fingerprint density at radius 1 is 1.06 bits per heavy atom. The molecule has 4 heteroatoms. The first-order chi connectivity index (χ1) is 8.74. The summed E-state index contributed by atoms with van der Waals surface area (Å²) in [5.41, 5.74) is 9.07. The predicted octanol–water partition coefficient (Wildman–Crippen LogP) is 1.80. The molecule has 2 fully saturated rings. The molecule has 0 radical (unpaired) electrons. The number of hydrazine groups is 1. The number of nitrogens with two attached hydrogens (primary N) is 1. The van der Waals surface area contributed by atoms with Crippen LogP contribution in [0.25, 0.3) is 0 Å². The first kappa shape index (κ1) is 13.8. The van der Waals surface area contributed by atoms with Gasteiger partial charge in [-0.05, 0) is 37.6 Å². The third-order valence-electron chi connectivity index (χ3n) is 4.52. The largest absolute Gasteiger partial charge is 0.330 e. The van der Waals surface area contributed by atoms with Crippen LogP contribution in [-0.2, 0) is 4.79 Å². The van der Waals surface area contributed by atoms with Gasteiger partial charge in [-0.1, -0.05) is 25.7 Å². The fourth-order valence-electron chi connectivity index (χ4n) is 3.32. The van der Waals surface area contributed by atoms with Crippen LogP contribution in [0.4, 0.5) is 0 Å². The molecule has 1 saturated heterocycles. The zero-order valence-electron chi connectivity index (χ0n) is 11.4. The van der Waals surface area contributed by atoms with E-state index >= 15 is 0 Å². The highest BCUT2D eigenvalue weighted by atomic mass is 16.2. The van der Waals surface area contributed by atoms with Crippen molar-refractivity contribution in [2.45, 2.75) is 57.8 Å². The van der Waals surface area contributed by atoms with Gasteiger partial charge in [0.1, 0.15) is 0 Å². The van der Waals surface area contributed by atoms with Crippen LogP contribution in [0.15, 0.2) is 0 Å². The summed E-state index contributed by atoms with van der Waals surface area (Å²) in [4.78, 5) is 12.1. The van der Waals surface area contributed by atoms with E-state index in [1.165, 1.54) is 38.5 Å². The number of carbonyl (C=O) groups is 1. The van der Waals surface area contributed by atoms with E-state index < -0.39 is 0 Å². The molecule has 104 valence electrons. The van der Waals surface area contributed by atoms with Crippen molar-refractivity contribution in [1.82, 2.24) is 10.4 Å². The monoisotopic (exact) mass is 253 g/mol. The average molecular weight is 253 g/mol. The van der Waals surface area contributed by atoms with Gasteiger partial charge in [0.05, 0.1) is 0 Å². The summed E-state index contributed by atoms with van der Waals surface area (Å²) in [6.07, 6.45) is 10.3. The van der Waals surface area contributed by atoms with Crippen molar-refractivity contribution in [2.24, 2.45) is 11.1 Å². The van der Waals surface area contributed by atoms with Crippen LogP contribution in [0.5, 0.6) is 0 Å². The van der Waals surface area contributed by atoms with E-state index in [1.54, 1.807) is 0 Å². The molecule has 1 aliphatic heterocycles. The minimum absolute atomic E-state index is 0.0815. The third kappa shape index (κ3) is 3.69. The second-order valence-electron chi connectivity index (χ2n) is 6.02. The average Bonchev–Trinajstić information content (AvgIpc) is 2.41. The summed E-state index contributed by atoms with van der Waals surface area (Å²) in [7, 11) is 0. The number of amides is 1. The Hall–Kier alpha value is -0.610. The van der Waals surface area contributed by atoms with Crippen molar-refractivity contribution < 1.29 is 4.79 Å². The normalized spacial score (nSPS) is 24.7. The van der Waals surface area contributed by atoms with Crippen LogP contribution in [0.2, 0.25) is 0 Å². The van der Waals surface area contributed by atoms with Crippen LogP contribution in [0, 0.1) is 5.41 Å². The Morgan fingerprint density at radius 2 is 1.67 bits per heavy atom. The minimum Gasteiger partial charge on any atom is -0.330 e. The van der Waals surface area contributed by atoms with Crippen molar-refractivity contribution in [3.8, 4) is 0 Å². The Morgan fingerprint density at radius 3 is 2.28 bits per heavy atom. The van der Waals surface area contributed by atoms with Gasteiger partial charge in [0, 0.05) is 19.5 Å². The molecule has 2 aliphatic rings. The highest BCUT2D eigenvalue weighted by Gasteiger charge is 2.33. The molecular formula is C14H27N3O. The summed E-state index contributed by atoms with van der Waals surface area (Å²) in [6.45, 7) is 2.66. The molecule has 0 unspecified atom stereocenters. The first-order valence-electron chi connectivity index (χ1n) is 7.49. The number of nitrogens with zero attached hydrogens (tertiary/aromatic N) is 1. The lowest BCUT2D eigenvalue weighted by Crippen LogP contribution is -2.47. The van der Waals surface area contributed by atoms with Gasteiger partial charge < -0.3 is 5.73 Å². The topological polar surface area (TPSA) is 58.4 Å². The lowest BCUT2D eigenvalue weighted by Gasteiger charge is -2.36. The van der Waals surface area contributed by atoms with E-state index in [0.717, 1.165) is 25.9 Å². The molecule has 2 rings (SSSR count). The number of carbonyl (C=O) groups excluding carboxylic acids is 1. The maximum absolute atomic E-state index is 12.1. The zero-order chi connectivity index (χ0) is 12.8. The smallest absolute Gasteiger partial charge is 0.234 e. The molecule has 0 aromatic carbocycles. The summed E-state index contributed by atoms with van der Waals surface area (Å²) in [5, 5.41) is 2.08. The van der Waals surface area contributed by atoms with Crippen molar-refractivity contribution in [3.63, 3.8) is 0 Å². The molecule has 4 nitrogen and oxygen atoms in total. The highest BCUT2D eigenvalue weighted by Crippen LogP contribution is 2.38. The van der Waals surface area contributed by atoms with Crippen molar-refractivity contribution >= 4 is 5.91 Å². The summed E-state index contributed by atoms with van der Waals surface area (Å²) in [6, 6.07) is 0. The highest BCUT2D eigenvalue weighted by molar-refractivity contribution is 5.76. The number of hydrogen-bond donors (Lipinski definition) is 2. The lowest BCUT2D eigenvalue weighted by molar-refractivity contribution is -0.129. The van der Waals surface area contributed by atoms with E-state index in [0.29, 0.717) is 13.0 Å². The van der Waals surface area contributed by atoms with E-state index in [1.807, 2.05) is 0 Å². The van der Waals surface area contributed by atoms with E-state index in [9.17, 15) is 4.79 Å². The summed E-state index contributed by atoms with van der Waals surface area (Å²) in [5.74, 6) is 0.171. The van der Waals surface area contributed by atoms with Crippen LogP contribution >= 0.6 is 0 Å². The third-order valence-corrected chi connectivity index (χ3v) is 4.52. The quantitative estimate of drug-likeness (QED) is 0.803. The molecule has 1 aliphatic carbocycles. The minimum atomic E-state index is 0.0815. The molecule has 3 N–H and O–H groups in total. The second-order valence-corrected chi connectivity index (χ2v) is 6.02. The van der Waals surface area contributed by atoms with Crippen LogP contribution in [-0.4, -0.2) is 30.6 Å². The summed E-state index contributed by atoms with van der Waals surface area (Å²) < 4.78 is 0. The molecule has 1 amide bonds. The first-order valence-corrected chi connectivity index (χ1v) is 7.49. The van der Waals surface area contributed by atoms with E-state index in [2.05, 4.69) is 10.4 Å². The van der Waals surface area contributed by atoms with Crippen molar-refractivity contribution in [3.05, 3.63) is 0 Å². The molecule has 0 bridgehead atoms. The van der Waals surface area contributed by atoms with Gasteiger partial charge in [-0.2, -0.15) is 0 Å². The predicted molar refractivity (Wildman–Crippen MR) is 72.8 cm³/mol. The van der Waals surface area contributed by atoms with Gasteiger partial charge in [-0.3, -0.25) is 10.2 Å². The standard InChI is InChI=1S/C14H27N3O/c15-12-14(7-3-1-4-8-14)11-13(18)16-17-9-5-2-6-10-17/h1-12,15H2,(H,16,18). The maximum Gasteiger partial charge on any atom is 0.234 e. The molecule has 0 aromatic heterocycles. The fourth-order valence-corrected chi connectivity index (χ4v) is 3.32. The van der Waals surface area contributed by atoms with Gasteiger partial charge in [-0.25, -0.2) is 5.01 Å². The Labute approximate surface area is 110 Å². The number of rotatable bonds is 4. The van der Waals surface area contributed by atoms with E-state index in [-0.39, 0.29) is 11.3 Å². The Bertz CT molecular complexity index is 268. The number of piperidine rings is 1. The van der Waals surface area contributed by atoms with Crippen LogP contribution in [0.1, 0.15) is 57.8 Å². The molecule has 0 aromatic rings. The molecule has 0 atom stereocenters. The van der Waals surface area contributed by atoms with Crippen LogP contribution in [0.3, 0.4) is 0 Å². The van der Waals surface area contributed by atoms with Gasteiger partial charge in [0.2, 0.25) is 5.91 Å². The molecule has 18 heavy (non-hydrogen) atoms. The van der Waals surface area contributed by atoms with Crippen molar-refractivity contribution in [2.75, 3.05) is 19.6 Å². The van der Waals surface area contributed by atoms with Gasteiger partial charge >= 0.3 is 0 Å². The number of nitrogens with one attached hydrogen (secondary N) is 1. The van der Waals surface area contributed by atoms with Crippen molar-refractivity contribution in [1.29, 1.82) is 0 Å². The molecule has 1 saturated carbocycles. The Balaban J connectivity index is 1.81. The molecule has 1 heterocycles.